The average molecular weight is 299 g/mol. The fourth-order valence-corrected chi connectivity index (χ4v) is 2.62. The first kappa shape index (κ1) is 14.1. The van der Waals surface area contributed by atoms with Crippen LogP contribution in [0.25, 0.3) is 0 Å². The van der Waals surface area contributed by atoms with E-state index in [0.29, 0.717) is 10.6 Å². The third kappa shape index (κ3) is 3.58. The highest BCUT2D eigenvalue weighted by atomic mass is 35.5. The van der Waals surface area contributed by atoms with E-state index >= 15 is 0 Å². The van der Waals surface area contributed by atoms with E-state index in [0.717, 1.165) is 0 Å². The van der Waals surface area contributed by atoms with Crippen LogP contribution in [0.3, 0.4) is 0 Å². The van der Waals surface area contributed by atoms with E-state index < -0.39 is 0 Å². The Bertz CT molecular complexity index is 583. The summed E-state index contributed by atoms with van der Waals surface area (Å²) in [4.78, 5) is 13.8. The Labute approximate surface area is 120 Å². The van der Waals surface area contributed by atoms with Gasteiger partial charge in [-0.1, -0.05) is 37.5 Å². The Balaban J connectivity index is 1.98. The second-order valence-corrected chi connectivity index (χ2v) is 6.68. The molecule has 0 fully saturated rings. The van der Waals surface area contributed by atoms with Crippen molar-refractivity contribution in [2.75, 3.05) is 0 Å². The predicted octanol–water partition coefficient (Wildman–Crippen LogP) is 3.62. The maximum Gasteiger partial charge on any atom is 0.261 e. The SMILES string of the molecule is CC(C)(C)c1ccc(C(=O)NCc2cc(Cl)no2)s1. The molecule has 2 rings (SSSR count). The summed E-state index contributed by atoms with van der Waals surface area (Å²) in [5.74, 6) is 0.416. The number of rotatable bonds is 3. The van der Waals surface area contributed by atoms with Crippen LogP contribution in [0.4, 0.5) is 0 Å². The third-order valence-electron chi connectivity index (χ3n) is 2.52. The molecular weight excluding hydrogens is 284 g/mol. The maximum absolute atomic E-state index is 12.0. The molecule has 1 amide bonds. The fraction of sp³-hybridized carbons (Fsp3) is 0.385. The Morgan fingerprint density at radius 2 is 2.21 bits per heavy atom. The summed E-state index contributed by atoms with van der Waals surface area (Å²) in [5.41, 5.74) is 0.0572. The molecule has 102 valence electrons. The molecule has 0 unspecified atom stereocenters. The lowest BCUT2D eigenvalue weighted by molar-refractivity contribution is 0.0951. The number of carbonyl (C=O) groups excluding carboxylic acids is 1. The topological polar surface area (TPSA) is 55.1 Å². The van der Waals surface area contributed by atoms with Gasteiger partial charge in [0.15, 0.2) is 10.9 Å². The summed E-state index contributed by atoms with van der Waals surface area (Å²) < 4.78 is 4.92. The molecule has 0 aliphatic carbocycles. The minimum Gasteiger partial charge on any atom is -0.358 e. The number of nitrogens with zero attached hydrogens (tertiary/aromatic N) is 1. The van der Waals surface area contributed by atoms with Gasteiger partial charge in [-0.3, -0.25) is 4.79 Å². The van der Waals surface area contributed by atoms with Crippen molar-refractivity contribution in [1.82, 2.24) is 10.5 Å². The molecule has 19 heavy (non-hydrogen) atoms. The van der Waals surface area contributed by atoms with Gasteiger partial charge in [-0.25, -0.2) is 0 Å². The largest absolute Gasteiger partial charge is 0.358 e. The van der Waals surface area contributed by atoms with Crippen LogP contribution in [0, 0.1) is 0 Å². The Morgan fingerprint density at radius 3 is 2.74 bits per heavy atom. The first-order valence-electron chi connectivity index (χ1n) is 5.86. The molecule has 0 aliphatic rings. The summed E-state index contributed by atoms with van der Waals surface area (Å²) in [6.45, 7) is 6.65. The number of hydrogen-bond acceptors (Lipinski definition) is 4. The summed E-state index contributed by atoms with van der Waals surface area (Å²) in [6.07, 6.45) is 0. The number of halogens is 1. The summed E-state index contributed by atoms with van der Waals surface area (Å²) >= 11 is 7.13. The maximum atomic E-state index is 12.0. The van der Waals surface area contributed by atoms with Gasteiger partial charge in [0.2, 0.25) is 0 Å². The first-order chi connectivity index (χ1) is 8.86. The molecule has 1 N–H and O–H groups in total. The van der Waals surface area contributed by atoms with Crippen molar-refractivity contribution < 1.29 is 9.32 Å². The predicted molar refractivity (Wildman–Crippen MR) is 75.7 cm³/mol. The minimum atomic E-state index is -0.118. The lowest BCUT2D eigenvalue weighted by Crippen LogP contribution is -2.21. The van der Waals surface area contributed by atoms with Crippen LogP contribution in [0.1, 0.15) is 41.1 Å². The highest BCUT2D eigenvalue weighted by molar-refractivity contribution is 7.14. The quantitative estimate of drug-likeness (QED) is 0.941. The Kier molecular flexibility index (Phi) is 3.96. The normalized spacial score (nSPS) is 11.6. The zero-order valence-corrected chi connectivity index (χ0v) is 12.6. The third-order valence-corrected chi connectivity index (χ3v) is 4.21. The minimum absolute atomic E-state index is 0.0572. The van der Waals surface area contributed by atoms with Gasteiger partial charge >= 0.3 is 0 Å². The second kappa shape index (κ2) is 5.35. The highest BCUT2D eigenvalue weighted by Crippen LogP contribution is 2.29. The van der Waals surface area contributed by atoms with Crippen molar-refractivity contribution in [3.63, 3.8) is 0 Å². The van der Waals surface area contributed by atoms with Gasteiger partial charge in [-0.05, 0) is 17.5 Å². The van der Waals surface area contributed by atoms with Crippen molar-refractivity contribution in [2.24, 2.45) is 0 Å². The molecule has 0 aromatic carbocycles. The van der Waals surface area contributed by atoms with Gasteiger partial charge < -0.3 is 9.84 Å². The van der Waals surface area contributed by atoms with Gasteiger partial charge in [0.1, 0.15) is 0 Å². The molecule has 0 radical (unpaired) electrons. The van der Waals surface area contributed by atoms with E-state index in [1.54, 1.807) is 6.07 Å². The molecule has 2 aromatic rings. The van der Waals surface area contributed by atoms with E-state index in [1.807, 2.05) is 12.1 Å². The van der Waals surface area contributed by atoms with Crippen LogP contribution in [0.15, 0.2) is 22.7 Å². The van der Waals surface area contributed by atoms with Gasteiger partial charge in [0.05, 0.1) is 11.4 Å². The number of aromatic nitrogens is 1. The fourth-order valence-electron chi connectivity index (χ4n) is 1.49. The molecule has 6 heteroatoms. The molecule has 0 atom stereocenters. The lowest BCUT2D eigenvalue weighted by Gasteiger charge is -2.15. The van der Waals surface area contributed by atoms with Crippen LogP contribution in [0.5, 0.6) is 0 Å². The monoisotopic (exact) mass is 298 g/mol. The number of nitrogens with one attached hydrogen (secondary N) is 1. The number of hydrogen-bond donors (Lipinski definition) is 1. The van der Waals surface area contributed by atoms with Crippen molar-refractivity contribution in [1.29, 1.82) is 0 Å². The van der Waals surface area contributed by atoms with Crippen LogP contribution >= 0.6 is 22.9 Å². The Hall–Kier alpha value is -1.33. The van der Waals surface area contributed by atoms with Crippen molar-refractivity contribution in [3.05, 3.63) is 38.9 Å². The van der Waals surface area contributed by atoms with E-state index in [2.05, 4.69) is 31.2 Å². The van der Waals surface area contributed by atoms with E-state index in [4.69, 9.17) is 16.1 Å². The summed E-state index contributed by atoms with van der Waals surface area (Å²) in [6, 6.07) is 5.41. The van der Waals surface area contributed by atoms with Gasteiger partial charge in [-0.2, -0.15) is 0 Å². The lowest BCUT2D eigenvalue weighted by atomic mass is 9.95. The number of amides is 1. The molecule has 0 bridgehead atoms. The van der Waals surface area contributed by atoms with Crippen molar-refractivity contribution in [2.45, 2.75) is 32.7 Å². The summed E-state index contributed by atoms with van der Waals surface area (Å²) in [7, 11) is 0. The molecule has 2 heterocycles. The van der Waals surface area contributed by atoms with Crippen LogP contribution < -0.4 is 5.32 Å². The van der Waals surface area contributed by atoms with Crippen LogP contribution in [-0.4, -0.2) is 11.1 Å². The second-order valence-electron chi connectivity index (χ2n) is 5.21. The molecule has 0 spiro atoms. The highest BCUT2D eigenvalue weighted by Gasteiger charge is 2.18. The Morgan fingerprint density at radius 1 is 1.47 bits per heavy atom. The number of thiophene rings is 1. The zero-order chi connectivity index (χ0) is 14.0. The van der Waals surface area contributed by atoms with Crippen molar-refractivity contribution >= 4 is 28.8 Å². The molecule has 4 nitrogen and oxygen atoms in total. The standard InChI is InChI=1S/C13H15ClN2O2S/c1-13(2,3)10-5-4-9(19-10)12(17)15-7-8-6-11(14)16-18-8/h4-6H,7H2,1-3H3,(H,15,17). The van der Waals surface area contributed by atoms with Crippen LogP contribution in [0.2, 0.25) is 5.15 Å². The van der Waals surface area contributed by atoms with Crippen LogP contribution in [-0.2, 0) is 12.0 Å². The molecule has 2 aromatic heterocycles. The van der Waals surface area contributed by atoms with E-state index in [9.17, 15) is 4.79 Å². The van der Waals surface area contributed by atoms with E-state index in [1.165, 1.54) is 16.2 Å². The number of carbonyl (C=O) groups is 1. The zero-order valence-electron chi connectivity index (χ0n) is 11.0. The molecular formula is C13H15ClN2O2S. The van der Waals surface area contributed by atoms with Gasteiger partial charge in [0, 0.05) is 10.9 Å². The summed E-state index contributed by atoms with van der Waals surface area (Å²) in [5, 5.41) is 6.61. The van der Waals surface area contributed by atoms with Crippen molar-refractivity contribution in [3.8, 4) is 0 Å². The van der Waals surface area contributed by atoms with Gasteiger partial charge in [0.25, 0.3) is 5.91 Å². The molecule has 0 saturated heterocycles. The average Bonchev–Trinajstić information content (AvgIpc) is 2.93. The molecule has 0 aliphatic heterocycles. The van der Waals surface area contributed by atoms with Gasteiger partial charge in [-0.15, -0.1) is 11.3 Å². The molecule has 0 saturated carbocycles. The van der Waals surface area contributed by atoms with E-state index in [-0.39, 0.29) is 23.0 Å². The first-order valence-corrected chi connectivity index (χ1v) is 7.05. The smallest absolute Gasteiger partial charge is 0.261 e.